The minimum Gasteiger partial charge on any atom is -0.272 e. The molecule has 3 N–H and O–H groups in total. The Balaban J connectivity index is 2.24. The first-order chi connectivity index (χ1) is 9.01. The van der Waals surface area contributed by atoms with E-state index in [1.54, 1.807) is 0 Å². The number of nitrogens with two attached hydrogens (primary N) is 1. The Labute approximate surface area is 126 Å². The maximum Gasteiger partial charge on any atom is 0.0596 e. The van der Waals surface area contributed by atoms with E-state index in [0.29, 0.717) is 5.02 Å². The van der Waals surface area contributed by atoms with Crippen LogP contribution in [0.25, 0.3) is 0 Å². The van der Waals surface area contributed by atoms with E-state index in [2.05, 4.69) is 32.5 Å². The summed E-state index contributed by atoms with van der Waals surface area (Å²) in [5, 5.41) is 5.03. The molecule has 19 heavy (non-hydrogen) atoms. The molecule has 0 radical (unpaired) electrons. The largest absolute Gasteiger partial charge is 0.272 e. The molecule has 102 valence electrons. The van der Waals surface area contributed by atoms with Crippen LogP contribution in [0.1, 0.15) is 23.0 Å². The molecule has 4 nitrogen and oxygen atoms in total. The molecule has 6 heteroatoms. The van der Waals surface area contributed by atoms with Crippen molar-refractivity contribution >= 4 is 27.5 Å². The third-order valence-corrected chi connectivity index (χ3v) is 4.27. The van der Waals surface area contributed by atoms with Gasteiger partial charge in [0.25, 0.3) is 0 Å². The van der Waals surface area contributed by atoms with Crippen molar-refractivity contribution in [3.8, 4) is 0 Å². The van der Waals surface area contributed by atoms with Gasteiger partial charge in [-0.15, -0.1) is 0 Å². The van der Waals surface area contributed by atoms with Crippen LogP contribution in [0.2, 0.25) is 5.02 Å². The molecule has 0 aliphatic heterocycles. The first-order valence-electron chi connectivity index (χ1n) is 5.92. The molecule has 0 bridgehead atoms. The highest BCUT2D eigenvalue weighted by Gasteiger charge is 2.14. The van der Waals surface area contributed by atoms with E-state index < -0.39 is 0 Å². The van der Waals surface area contributed by atoms with Crippen LogP contribution in [-0.4, -0.2) is 9.78 Å². The summed E-state index contributed by atoms with van der Waals surface area (Å²) >= 11 is 9.43. The van der Waals surface area contributed by atoms with Crippen LogP contribution >= 0.6 is 27.5 Å². The number of aromatic nitrogens is 2. The number of hydrogen-bond acceptors (Lipinski definition) is 3. The van der Waals surface area contributed by atoms with Gasteiger partial charge in [0.2, 0.25) is 0 Å². The number of hydrazine groups is 1. The van der Waals surface area contributed by atoms with E-state index in [9.17, 15) is 0 Å². The Kier molecular flexibility index (Phi) is 4.62. The Bertz CT molecular complexity index is 582. The van der Waals surface area contributed by atoms with Gasteiger partial charge in [-0.1, -0.05) is 17.7 Å². The van der Waals surface area contributed by atoms with Gasteiger partial charge < -0.3 is 0 Å². The summed E-state index contributed by atoms with van der Waals surface area (Å²) in [7, 11) is 1.94. The fourth-order valence-corrected chi connectivity index (χ4v) is 2.58. The summed E-state index contributed by atoms with van der Waals surface area (Å²) in [6.07, 6.45) is 0.766. The molecular formula is C13H16BrClN4. The number of nitrogens with one attached hydrogen (secondary N) is 1. The van der Waals surface area contributed by atoms with Gasteiger partial charge in [-0.3, -0.25) is 16.0 Å². The molecular weight excluding hydrogens is 328 g/mol. The van der Waals surface area contributed by atoms with E-state index in [0.717, 1.165) is 27.8 Å². The SMILES string of the molecule is Cc1cc(CC(NN)c2ccc(Cl)c(Br)c2)n(C)n1. The second-order valence-corrected chi connectivity index (χ2v) is 5.76. The molecule has 0 aliphatic rings. The Hall–Kier alpha value is -0.880. The fraction of sp³-hybridized carbons (Fsp3) is 0.308. The Morgan fingerprint density at radius 3 is 2.74 bits per heavy atom. The number of aryl methyl sites for hydroxylation is 2. The average Bonchev–Trinajstić information content (AvgIpc) is 2.68. The van der Waals surface area contributed by atoms with Crippen molar-refractivity contribution < 1.29 is 0 Å². The van der Waals surface area contributed by atoms with Crippen molar-refractivity contribution in [3.05, 3.63) is 50.7 Å². The van der Waals surface area contributed by atoms with Crippen LogP contribution in [0.15, 0.2) is 28.7 Å². The van der Waals surface area contributed by atoms with Crippen molar-refractivity contribution in [2.75, 3.05) is 0 Å². The van der Waals surface area contributed by atoms with Crippen molar-refractivity contribution in [1.29, 1.82) is 0 Å². The number of halogens is 2. The highest BCUT2D eigenvalue weighted by Crippen LogP contribution is 2.27. The Morgan fingerprint density at radius 2 is 2.21 bits per heavy atom. The minimum atomic E-state index is 0.0170. The van der Waals surface area contributed by atoms with Crippen LogP contribution in [0.5, 0.6) is 0 Å². The molecule has 1 aromatic heterocycles. The summed E-state index contributed by atoms with van der Waals surface area (Å²) < 4.78 is 2.75. The maximum atomic E-state index is 6.00. The summed E-state index contributed by atoms with van der Waals surface area (Å²) in [6, 6.07) is 7.90. The quantitative estimate of drug-likeness (QED) is 0.663. The molecule has 0 saturated heterocycles. The Morgan fingerprint density at radius 1 is 1.47 bits per heavy atom. The summed E-state index contributed by atoms with van der Waals surface area (Å²) in [6.45, 7) is 1.98. The standard InChI is InChI=1S/C13H16BrClN4/c1-8-5-10(19(2)18-8)7-13(17-16)9-3-4-12(15)11(14)6-9/h3-6,13,17H,7,16H2,1-2H3. The van der Waals surface area contributed by atoms with Gasteiger partial charge in [0.15, 0.2) is 0 Å². The lowest BCUT2D eigenvalue weighted by atomic mass is 10.0. The molecule has 1 unspecified atom stereocenters. The average molecular weight is 344 g/mol. The van der Waals surface area contributed by atoms with Gasteiger partial charge in [-0.05, 0) is 46.6 Å². The van der Waals surface area contributed by atoms with Gasteiger partial charge in [-0.25, -0.2) is 0 Å². The second-order valence-electron chi connectivity index (χ2n) is 4.50. The molecule has 0 fully saturated rings. The van der Waals surface area contributed by atoms with E-state index in [1.165, 1.54) is 0 Å². The molecule has 2 rings (SSSR count). The molecule has 1 heterocycles. The first-order valence-corrected chi connectivity index (χ1v) is 7.09. The smallest absolute Gasteiger partial charge is 0.0596 e. The van der Waals surface area contributed by atoms with E-state index >= 15 is 0 Å². The van der Waals surface area contributed by atoms with Crippen LogP contribution < -0.4 is 11.3 Å². The molecule has 2 aromatic rings. The van der Waals surface area contributed by atoms with Gasteiger partial charge in [0.1, 0.15) is 0 Å². The highest BCUT2D eigenvalue weighted by atomic mass is 79.9. The molecule has 1 atom stereocenters. The van der Waals surface area contributed by atoms with Crippen molar-refractivity contribution in [1.82, 2.24) is 15.2 Å². The van der Waals surface area contributed by atoms with Crippen molar-refractivity contribution in [2.45, 2.75) is 19.4 Å². The topological polar surface area (TPSA) is 55.9 Å². The summed E-state index contributed by atoms with van der Waals surface area (Å²) in [4.78, 5) is 0. The van der Waals surface area contributed by atoms with E-state index in [4.69, 9.17) is 17.4 Å². The van der Waals surface area contributed by atoms with E-state index in [1.807, 2.05) is 36.9 Å². The zero-order valence-corrected chi connectivity index (χ0v) is 13.2. The highest BCUT2D eigenvalue weighted by molar-refractivity contribution is 9.10. The molecule has 1 aromatic carbocycles. The molecule has 0 aliphatic carbocycles. The first kappa shape index (κ1) is 14.5. The summed E-state index contributed by atoms with van der Waals surface area (Å²) in [5.74, 6) is 5.67. The predicted molar refractivity (Wildman–Crippen MR) is 80.9 cm³/mol. The van der Waals surface area contributed by atoms with Gasteiger partial charge in [0, 0.05) is 23.6 Å². The zero-order chi connectivity index (χ0) is 14.0. The van der Waals surface area contributed by atoms with Crippen LogP contribution in [0.4, 0.5) is 0 Å². The van der Waals surface area contributed by atoms with E-state index in [-0.39, 0.29) is 6.04 Å². The van der Waals surface area contributed by atoms with Crippen LogP contribution in [-0.2, 0) is 13.5 Å². The molecule has 0 saturated carbocycles. The van der Waals surface area contributed by atoms with Crippen LogP contribution in [0.3, 0.4) is 0 Å². The molecule has 0 amide bonds. The lowest BCUT2D eigenvalue weighted by Gasteiger charge is -2.17. The number of benzene rings is 1. The minimum absolute atomic E-state index is 0.0170. The van der Waals surface area contributed by atoms with Gasteiger partial charge in [-0.2, -0.15) is 5.10 Å². The number of hydrogen-bond donors (Lipinski definition) is 2. The molecule has 0 spiro atoms. The maximum absolute atomic E-state index is 6.00. The zero-order valence-electron chi connectivity index (χ0n) is 10.8. The van der Waals surface area contributed by atoms with Crippen molar-refractivity contribution in [3.63, 3.8) is 0 Å². The number of nitrogens with zero attached hydrogens (tertiary/aromatic N) is 2. The van der Waals surface area contributed by atoms with Crippen LogP contribution in [0, 0.1) is 6.92 Å². The van der Waals surface area contributed by atoms with Gasteiger partial charge in [0.05, 0.1) is 16.8 Å². The van der Waals surface area contributed by atoms with Crippen molar-refractivity contribution in [2.24, 2.45) is 12.9 Å². The predicted octanol–water partition coefficient (Wildman–Crippen LogP) is 2.89. The number of rotatable bonds is 4. The lowest BCUT2D eigenvalue weighted by Crippen LogP contribution is -2.30. The third-order valence-electron chi connectivity index (χ3n) is 3.06. The monoisotopic (exact) mass is 342 g/mol. The normalized spacial score (nSPS) is 12.7. The van der Waals surface area contributed by atoms with Gasteiger partial charge >= 0.3 is 0 Å². The summed E-state index contributed by atoms with van der Waals surface area (Å²) in [5.41, 5.74) is 6.06. The second kappa shape index (κ2) is 6.05. The lowest BCUT2D eigenvalue weighted by molar-refractivity contribution is 0.530. The fourth-order valence-electron chi connectivity index (χ4n) is 2.07. The third kappa shape index (κ3) is 3.36.